The van der Waals surface area contributed by atoms with Crippen LogP contribution in [0.4, 0.5) is 5.69 Å². The van der Waals surface area contributed by atoms with Crippen LogP contribution in [0.15, 0.2) is 53.6 Å². The zero-order chi connectivity index (χ0) is 18.7. The van der Waals surface area contributed by atoms with E-state index >= 15 is 0 Å². The number of ketones is 1. The van der Waals surface area contributed by atoms with Gasteiger partial charge in [0.1, 0.15) is 10.9 Å². The van der Waals surface area contributed by atoms with Crippen molar-refractivity contribution in [1.82, 2.24) is 9.97 Å². The number of thioether (sulfide) groups is 1. The minimum Gasteiger partial charge on any atom is -0.325 e. The number of anilines is 1. The highest BCUT2D eigenvalue weighted by Crippen LogP contribution is 2.29. The Morgan fingerprint density at radius 1 is 1.04 bits per heavy atom. The van der Waals surface area contributed by atoms with E-state index < -0.39 is 0 Å². The third-order valence-corrected chi connectivity index (χ3v) is 5.00. The van der Waals surface area contributed by atoms with Gasteiger partial charge in [-0.3, -0.25) is 9.59 Å². The Labute approximate surface area is 156 Å². The Balaban J connectivity index is 1.74. The second-order valence-electron chi connectivity index (χ2n) is 5.98. The van der Waals surface area contributed by atoms with Crippen molar-refractivity contribution in [3.8, 4) is 0 Å². The summed E-state index contributed by atoms with van der Waals surface area (Å²) in [5, 5.41) is 4.28. The molecule has 3 aromatic rings. The van der Waals surface area contributed by atoms with Crippen LogP contribution in [0.1, 0.15) is 30.0 Å². The lowest BCUT2D eigenvalue weighted by atomic mass is 10.1. The molecule has 0 radical (unpaired) electrons. The van der Waals surface area contributed by atoms with Gasteiger partial charge in [0.2, 0.25) is 5.91 Å². The Hall–Kier alpha value is -2.73. The van der Waals surface area contributed by atoms with E-state index in [2.05, 4.69) is 15.3 Å². The molecule has 0 unspecified atom stereocenters. The van der Waals surface area contributed by atoms with Crippen LogP contribution >= 0.6 is 11.8 Å². The molecule has 0 aliphatic carbocycles. The van der Waals surface area contributed by atoms with Crippen molar-refractivity contribution in [3.05, 3.63) is 59.9 Å². The lowest BCUT2D eigenvalue weighted by Crippen LogP contribution is -2.22. The fourth-order valence-electron chi connectivity index (χ4n) is 2.50. The molecule has 2 aromatic carbocycles. The summed E-state index contributed by atoms with van der Waals surface area (Å²) in [6.07, 6.45) is 0. The predicted molar refractivity (Wildman–Crippen MR) is 105 cm³/mol. The summed E-state index contributed by atoms with van der Waals surface area (Å²) >= 11 is 1.41. The van der Waals surface area contributed by atoms with Gasteiger partial charge in [0.15, 0.2) is 5.78 Å². The van der Waals surface area contributed by atoms with Gasteiger partial charge in [-0.05, 0) is 51.1 Å². The van der Waals surface area contributed by atoms with Crippen molar-refractivity contribution in [3.63, 3.8) is 0 Å². The molecule has 0 saturated heterocycles. The zero-order valence-electron chi connectivity index (χ0n) is 14.8. The van der Waals surface area contributed by atoms with Gasteiger partial charge >= 0.3 is 0 Å². The quantitative estimate of drug-likeness (QED) is 0.415. The Morgan fingerprint density at radius 2 is 1.73 bits per heavy atom. The molecule has 132 valence electrons. The van der Waals surface area contributed by atoms with E-state index in [1.54, 1.807) is 24.3 Å². The number of hydrogen-bond acceptors (Lipinski definition) is 5. The van der Waals surface area contributed by atoms with Gasteiger partial charge < -0.3 is 5.32 Å². The Bertz CT molecular complexity index is 970. The van der Waals surface area contributed by atoms with Crippen LogP contribution in [0.3, 0.4) is 0 Å². The molecule has 1 aromatic heterocycles. The largest absolute Gasteiger partial charge is 0.325 e. The first-order valence-corrected chi connectivity index (χ1v) is 9.14. The smallest absolute Gasteiger partial charge is 0.237 e. The average molecular weight is 365 g/mol. The topological polar surface area (TPSA) is 72.0 Å². The van der Waals surface area contributed by atoms with Gasteiger partial charge in [-0.25, -0.2) is 9.97 Å². The second kappa shape index (κ2) is 7.66. The highest BCUT2D eigenvalue weighted by molar-refractivity contribution is 8.00. The van der Waals surface area contributed by atoms with Crippen LogP contribution in [0.5, 0.6) is 0 Å². The number of carbonyl (C=O) groups is 2. The first kappa shape index (κ1) is 18.1. The average Bonchev–Trinajstić information content (AvgIpc) is 2.62. The van der Waals surface area contributed by atoms with Crippen LogP contribution in [0.2, 0.25) is 0 Å². The normalized spacial score (nSPS) is 12.0. The first-order chi connectivity index (χ1) is 12.4. The maximum Gasteiger partial charge on any atom is 0.237 e. The van der Waals surface area contributed by atoms with Crippen molar-refractivity contribution < 1.29 is 9.59 Å². The third-order valence-electron chi connectivity index (χ3n) is 3.90. The van der Waals surface area contributed by atoms with Crippen molar-refractivity contribution >= 4 is 40.0 Å². The van der Waals surface area contributed by atoms with Crippen molar-refractivity contribution in [2.45, 2.75) is 31.0 Å². The van der Waals surface area contributed by atoms with E-state index in [1.807, 2.05) is 38.1 Å². The number of amides is 1. The van der Waals surface area contributed by atoms with Gasteiger partial charge in [-0.1, -0.05) is 30.0 Å². The fraction of sp³-hybridized carbons (Fsp3) is 0.200. The number of hydrogen-bond donors (Lipinski definition) is 1. The molecular weight excluding hydrogens is 346 g/mol. The van der Waals surface area contributed by atoms with E-state index in [-0.39, 0.29) is 16.9 Å². The Morgan fingerprint density at radius 3 is 2.42 bits per heavy atom. The van der Waals surface area contributed by atoms with Gasteiger partial charge in [0, 0.05) is 16.6 Å². The molecule has 26 heavy (non-hydrogen) atoms. The summed E-state index contributed by atoms with van der Waals surface area (Å²) in [6.45, 7) is 5.20. The molecule has 1 N–H and O–H groups in total. The minimum atomic E-state index is -0.333. The van der Waals surface area contributed by atoms with Crippen molar-refractivity contribution in [1.29, 1.82) is 0 Å². The highest BCUT2D eigenvalue weighted by atomic mass is 32.2. The number of carbonyl (C=O) groups excluding carboxylic acids is 2. The van der Waals surface area contributed by atoms with Gasteiger partial charge in [-0.2, -0.15) is 0 Å². The molecular formula is C20H19N3O2S. The number of nitrogens with one attached hydrogen (secondary N) is 1. The summed E-state index contributed by atoms with van der Waals surface area (Å²) in [6, 6.07) is 14.6. The van der Waals surface area contributed by atoms with Gasteiger partial charge in [0.05, 0.1) is 10.8 Å². The molecule has 0 spiro atoms. The summed E-state index contributed by atoms with van der Waals surface area (Å²) in [5.41, 5.74) is 2.15. The molecule has 0 saturated carbocycles. The number of aromatic nitrogens is 2. The van der Waals surface area contributed by atoms with E-state index in [9.17, 15) is 9.59 Å². The number of aryl methyl sites for hydroxylation is 1. The minimum absolute atomic E-state index is 0.00203. The maximum atomic E-state index is 12.5. The summed E-state index contributed by atoms with van der Waals surface area (Å²) in [4.78, 5) is 32.8. The number of para-hydroxylation sites is 1. The number of rotatable bonds is 5. The maximum absolute atomic E-state index is 12.5. The number of fused-ring (bicyclic) bond motifs is 1. The standard InChI is InChI=1S/C20H19N3O2S/c1-12(24)15-8-10-16(11-9-15)23-19(25)13(2)26-20-17-6-4-5-7-18(17)21-14(3)22-20/h4-11,13H,1-3H3,(H,23,25)/t13-/m0/s1. The molecule has 6 heteroatoms. The first-order valence-electron chi connectivity index (χ1n) is 8.26. The zero-order valence-corrected chi connectivity index (χ0v) is 15.6. The summed E-state index contributed by atoms with van der Waals surface area (Å²) < 4.78 is 0. The Kier molecular flexibility index (Phi) is 5.32. The van der Waals surface area contributed by atoms with E-state index in [0.29, 0.717) is 17.1 Å². The van der Waals surface area contributed by atoms with Crippen molar-refractivity contribution in [2.75, 3.05) is 5.32 Å². The fourth-order valence-corrected chi connectivity index (χ4v) is 3.49. The molecule has 0 aliphatic rings. The van der Waals surface area contributed by atoms with E-state index in [1.165, 1.54) is 18.7 Å². The number of Topliss-reactive ketones (excluding diaryl/α,β-unsaturated/α-hetero) is 1. The number of nitrogens with zero attached hydrogens (tertiary/aromatic N) is 2. The lowest BCUT2D eigenvalue weighted by Gasteiger charge is -2.13. The summed E-state index contributed by atoms with van der Waals surface area (Å²) in [5.74, 6) is 0.558. The van der Waals surface area contributed by atoms with Crippen LogP contribution in [-0.2, 0) is 4.79 Å². The molecule has 0 bridgehead atoms. The molecule has 0 aliphatic heterocycles. The SMILES string of the molecule is CC(=O)c1ccc(NC(=O)[C@H](C)Sc2nc(C)nc3ccccc23)cc1. The molecule has 0 fully saturated rings. The molecule has 3 rings (SSSR count). The highest BCUT2D eigenvalue weighted by Gasteiger charge is 2.17. The predicted octanol–water partition coefficient (Wildman–Crippen LogP) is 4.26. The van der Waals surface area contributed by atoms with Crippen LogP contribution < -0.4 is 5.32 Å². The third kappa shape index (κ3) is 4.08. The molecule has 5 nitrogen and oxygen atoms in total. The van der Waals surface area contributed by atoms with Gasteiger partial charge in [0.25, 0.3) is 0 Å². The van der Waals surface area contributed by atoms with E-state index in [0.717, 1.165) is 15.9 Å². The monoisotopic (exact) mass is 365 g/mol. The second-order valence-corrected chi connectivity index (χ2v) is 7.31. The molecule has 1 atom stereocenters. The number of benzene rings is 2. The van der Waals surface area contributed by atoms with E-state index in [4.69, 9.17) is 0 Å². The van der Waals surface area contributed by atoms with Crippen LogP contribution in [0, 0.1) is 6.92 Å². The van der Waals surface area contributed by atoms with Crippen molar-refractivity contribution in [2.24, 2.45) is 0 Å². The molecule has 1 amide bonds. The van der Waals surface area contributed by atoms with Crippen LogP contribution in [0.25, 0.3) is 10.9 Å². The lowest BCUT2D eigenvalue weighted by molar-refractivity contribution is -0.115. The summed E-state index contributed by atoms with van der Waals surface area (Å²) in [7, 11) is 0. The van der Waals surface area contributed by atoms with Gasteiger partial charge in [-0.15, -0.1) is 0 Å². The van der Waals surface area contributed by atoms with Crippen LogP contribution in [-0.4, -0.2) is 26.9 Å². The molecule has 1 heterocycles.